The van der Waals surface area contributed by atoms with Crippen LogP contribution in [0.3, 0.4) is 0 Å². The van der Waals surface area contributed by atoms with Crippen LogP contribution in [-0.4, -0.2) is 29.9 Å². The van der Waals surface area contributed by atoms with E-state index in [0.717, 1.165) is 6.42 Å². The maximum atomic E-state index is 11.5. The Labute approximate surface area is 81.3 Å². The predicted molar refractivity (Wildman–Crippen MR) is 55.3 cm³/mol. The van der Waals surface area contributed by atoms with Gasteiger partial charge in [0.05, 0.1) is 6.04 Å². The van der Waals surface area contributed by atoms with Gasteiger partial charge in [-0.3, -0.25) is 4.79 Å². The van der Waals surface area contributed by atoms with Crippen LogP contribution in [0.15, 0.2) is 0 Å². The molecule has 0 fully saturated rings. The molecule has 0 spiro atoms. The molecule has 0 saturated carbocycles. The van der Waals surface area contributed by atoms with Gasteiger partial charge in [0.15, 0.2) is 0 Å². The summed E-state index contributed by atoms with van der Waals surface area (Å²) in [5.41, 5.74) is 5.51. The summed E-state index contributed by atoms with van der Waals surface area (Å²) in [6.45, 7) is 8.09. The van der Waals surface area contributed by atoms with E-state index in [1.54, 1.807) is 11.8 Å². The van der Waals surface area contributed by atoms with Gasteiger partial charge in [-0.05, 0) is 26.2 Å². The fourth-order valence-corrected chi connectivity index (χ4v) is 1.38. The molecule has 0 heterocycles. The van der Waals surface area contributed by atoms with Crippen LogP contribution in [0.1, 0.15) is 34.1 Å². The number of carbonyl (C=O) groups excluding carboxylic acids is 1. The summed E-state index contributed by atoms with van der Waals surface area (Å²) in [4.78, 5) is 13.2. The summed E-state index contributed by atoms with van der Waals surface area (Å²) in [5, 5.41) is 0. The van der Waals surface area contributed by atoms with Crippen molar-refractivity contribution >= 4 is 5.91 Å². The van der Waals surface area contributed by atoms with Crippen molar-refractivity contribution in [3.8, 4) is 0 Å². The number of nitrogens with zero attached hydrogens (tertiary/aromatic N) is 1. The summed E-state index contributed by atoms with van der Waals surface area (Å²) in [5.74, 6) is 0.631. The number of rotatable bonds is 4. The van der Waals surface area contributed by atoms with E-state index in [9.17, 15) is 4.79 Å². The van der Waals surface area contributed by atoms with E-state index >= 15 is 0 Å². The molecule has 1 unspecified atom stereocenters. The fraction of sp³-hybridized carbons (Fsp3) is 0.900. The second-order valence-electron chi connectivity index (χ2n) is 4.22. The second kappa shape index (κ2) is 5.22. The van der Waals surface area contributed by atoms with E-state index in [1.807, 2.05) is 7.05 Å². The topological polar surface area (TPSA) is 46.3 Å². The molecule has 0 aromatic carbocycles. The highest BCUT2D eigenvalue weighted by molar-refractivity contribution is 5.81. The Morgan fingerprint density at radius 1 is 1.31 bits per heavy atom. The van der Waals surface area contributed by atoms with Gasteiger partial charge in [-0.1, -0.05) is 13.8 Å². The van der Waals surface area contributed by atoms with Gasteiger partial charge >= 0.3 is 0 Å². The molecule has 2 atom stereocenters. The van der Waals surface area contributed by atoms with Crippen LogP contribution < -0.4 is 5.73 Å². The van der Waals surface area contributed by atoms with Gasteiger partial charge in [-0.25, -0.2) is 0 Å². The number of carbonyl (C=O) groups is 1. The minimum absolute atomic E-state index is 0.0214. The van der Waals surface area contributed by atoms with Crippen molar-refractivity contribution in [3.63, 3.8) is 0 Å². The van der Waals surface area contributed by atoms with Crippen molar-refractivity contribution < 1.29 is 4.79 Å². The highest BCUT2D eigenvalue weighted by Crippen LogP contribution is 2.09. The molecular weight excluding hydrogens is 164 g/mol. The lowest BCUT2D eigenvalue weighted by molar-refractivity contribution is -0.132. The lowest BCUT2D eigenvalue weighted by Crippen LogP contribution is -2.44. The molecule has 2 N–H and O–H groups in total. The number of nitrogens with two attached hydrogens (primary N) is 1. The van der Waals surface area contributed by atoms with E-state index in [1.165, 1.54) is 0 Å². The maximum absolute atomic E-state index is 11.5. The Morgan fingerprint density at radius 2 is 1.77 bits per heavy atom. The van der Waals surface area contributed by atoms with Crippen molar-refractivity contribution in [1.29, 1.82) is 0 Å². The minimum atomic E-state index is -0.389. The van der Waals surface area contributed by atoms with Crippen molar-refractivity contribution in [2.24, 2.45) is 11.7 Å². The quantitative estimate of drug-likeness (QED) is 0.717. The monoisotopic (exact) mass is 186 g/mol. The molecule has 0 aromatic rings. The molecule has 78 valence electrons. The van der Waals surface area contributed by atoms with Crippen LogP contribution in [0.2, 0.25) is 0 Å². The SMILES string of the molecule is CC(C)CC(C)N(C)C(=O)[C@H](C)N. The first-order valence-corrected chi connectivity index (χ1v) is 4.88. The summed E-state index contributed by atoms with van der Waals surface area (Å²) in [6, 6.07) is -0.113. The van der Waals surface area contributed by atoms with E-state index in [-0.39, 0.29) is 18.0 Å². The zero-order chi connectivity index (χ0) is 10.6. The number of hydrogen-bond acceptors (Lipinski definition) is 2. The summed E-state index contributed by atoms with van der Waals surface area (Å²) in [6.07, 6.45) is 1.02. The zero-order valence-electron chi connectivity index (χ0n) is 9.37. The largest absolute Gasteiger partial charge is 0.342 e. The summed E-state index contributed by atoms with van der Waals surface area (Å²) < 4.78 is 0. The van der Waals surface area contributed by atoms with E-state index < -0.39 is 0 Å². The predicted octanol–water partition coefficient (Wildman–Crippen LogP) is 1.23. The smallest absolute Gasteiger partial charge is 0.239 e. The number of amides is 1. The van der Waals surface area contributed by atoms with Crippen LogP contribution in [0.4, 0.5) is 0 Å². The molecule has 0 rings (SSSR count). The standard InChI is InChI=1S/C10H22N2O/c1-7(2)6-8(3)12(5)10(13)9(4)11/h7-9H,6,11H2,1-5H3/t8?,9-/m0/s1. The van der Waals surface area contributed by atoms with Gasteiger partial charge in [0, 0.05) is 13.1 Å². The average molecular weight is 186 g/mol. The van der Waals surface area contributed by atoms with Crippen LogP contribution >= 0.6 is 0 Å². The van der Waals surface area contributed by atoms with Gasteiger partial charge in [0.2, 0.25) is 5.91 Å². The lowest BCUT2D eigenvalue weighted by Gasteiger charge is -2.27. The van der Waals surface area contributed by atoms with E-state index in [4.69, 9.17) is 5.73 Å². The summed E-state index contributed by atoms with van der Waals surface area (Å²) >= 11 is 0. The van der Waals surface area contributed by atoms with Gasteiger partial charge in [0.25, 0.3) is 0 Å². The molecule has 3 heteroatoms. The Hall–Kier alpha value is -0.570. The van der Waals surface area contributed by atoms with Gasteiger partial charge < -0.3 is 10.6 Å². The molecule has 3 nitrogen and oxygen atoms in total. The van der Waals surface area contributed by atoms with Crippen LogP contribution in [-0.2, 0) is 4.79 Å². The van der Waals surface area contributed by atoms with E-state index in [0.29, 0.717) is 5.92 Å². The first-order valence-electron chi connectivity index (χ1n) is 4.88. The molecular formula is C10H22N2O. The molecule has 0 bridgehead atoms. The third-order valence-corrected chi connectivity index (χ3v) is 2.21. The first kappa shape index (κ1) is 12.4. The Balaban J connectivity index is 4.09. The zero-order valence-corrected chi connectivity index (χ0v) is 9.37. The van der Waals surface area contributed by atoms with E-state index in [2.05, 4.69) is 20.8 Å². The van der Waals surface area contributed by atoms with Crippen LogP contribution in [0, 0.1) is 5.92 Å². The number of hydrogen-bond donors (Lipinski definition) is 1. The Bertz CT molecular complexity index is 166. The minimum Gasteiger partial charge on any atom is -0.342 e. The Kier molecular flexibility index (Phi) is 4.99. The Morgan fingerprint density at radius 3 is 2.08 bits per heavy atom. The van der Waals surface area contributed by atoms with Crippen LogP contribution in [0.5, 0.6) is 0 Å². The number of likely N-dealkylation sites (N-methyl/N-ethyl adjacent to an activating group) is 1. The normalized spacial score (nSPS) is 15.6. The second-order valence-corrected chi connectivity index (χ2v) is 4.22. The maximum Gasteiger partial charge on any atom is 0.239 e. The van der Waals surface area contributed by atoms with Gasteiger partial charge in [-0.2, -0.15) is 0 Å². The first-order chi connectivity index (χ1) is 5.86. The van der Waals surface area contributed by atoms with Crippen LogP contribution in [0.25, 0.3) is 0 Å². The van der Waals surface area contributed by atoms with Gasteiger partial charge in [0.1, 0.15) is 0 Å². The third kappa shape index (κ3) is 4.27. The van der Waals surface area contributed by atoms with Crippen molar-refractivity contribution in [2.45, 2.75) is 46.2 Å². The van der Waals surface area contributed by atoms with Crippen molar-refractivity contribution in [1.82, 2.24) is 4.90 Å². The molecule has 0 aliphatic rings. The molecule has 0 aliphatic carbocycles. The third-order valence-electron chi connectivity index (χ3n) is 2.21. The molecule has 0 radical (unpaired) electrons. The van der Waals surface area contributed by atoms with Crippen molar-refractivity contribution in [3.05, 3.63) is 0 Å². The molecule has 0 aromatic heterocycles. The average Bonchev–Trinajstić information content (AvgIpc) is 2.00. The fourth-order valence-electron chi connectivity index (χ4n) is 1.38. The van der Waals surface area contributed by atoms with Crippen molar-refractivity contribution in [2.75, 3.05) is 7.05 Å². The highest BCUT2D eigenvalue weighted by atomic mass is 16.2. The highest BCUT2D eigenvalue weighted by Gasteiger charge is 2.19. The molecule has 0 saturated heterocycles. The molecule has 13 heavy (non-hydrogen) atoms. The lowest BCUT2D eigenvalue weighted by atomic mass is 10.0. The van der Waals surface area contributed by atoms with Gasteiger partial charge in [-0.15, -0.1) is 0 Å². The summed E-state index contributed by atoms with van der Waals surface area (Å²) in [7, 11) is 1.82. The molecule has 1 amide bonds. The molecule has 0 aliphatic heterocycles.